The molecule has 2 unspecified atom stereocenters. The Balaban J connectivity index is 1.52. The summed E-state index contributed by atoms with van der Waals surface area (Å²) in [6, 6.07) is 4.78. The monoisotopic (exact) mass is 626 g/mol. The second-order valence-electron chi connectivity index (χ2n) is 10.9. The molecule has 0 bridgehead atoms. The van der Waals surface area contributed by atoms with Crippen molar-refractivity contribution in [1.82, 2.24) is 25.0 Å². The summed E-state index contributed by atoms with van der Waals surface area (Å²) in [6.07, 6.45) is 0.101. The first-order valence-corrected chi connectivity index (χ1v) is 14.8. The molecule has 2 aromatic rings. The number of carbonyl (C=O) groups excluding carboxylic acids is 5. The summed E-state index contributed by atoms with van der Waals surface area (Å²) in [5, 5.41) is 12.4. The number of ether oxygens (including phenoxy) is 2. The second-order valence-corrected chi connectivity index (χ2v) is 10.9. The number of nitrogens with two attached hydrogens (primary N) is 1. The van der Waals surface area contributed by atoms with E-state index < -0.39 is 54.4 Å². The van der Waals surface area contributed by atoms with E-state index in [0.717, 1.165) is 5.56 Å². The third-order valence-corrected chi connectivity index (χ3v) is 7.78. The quantitative estimate of drug-likeness (QED) is 0.318. The molecule has 2 aliphatic heterocycles. The number of carboxylic acid groups (broad SMARTS) is 1. The number of benzene rings is 1. The lowest BCUT2D eigenvalue weighted by atomic mass is 10.1. The zero-order valence-electron chi connectivity index (χ0n) is 25.3. The Morgan fingerprint density at radius 3 is 2.44 bits per heavy atom. The average molecular weight is 627 g/mol. The Morgan fingerprint density at radius 1 is 1.07 bits per heavy atom. The highest BCUT2D eigenvalue weighted by molar-refractivity contribution is 5.99. The highest BCUT2D eigenvalue weighted by atomic mass is 16.6. The van der Waals surface area contributed by atoms with Gasteiger partial charge >= 0.3 is 12.1 Å². The molecule has 3 heterocycles. The van der Waals surface area contributed by atoms with E-state index in [2.05, 4.69) is 10.3 Å². The fourth-order valence-electron chi connectivity index (χ4n) is 5.43. The van der Waals surface area contributed by atoms with E-state index in [1.54, 1.807) is 19.1 Å². The van der Waals surface area contributed by atoms with Crippen LogP contribution in [0.4, 0.5) is 4.79 Å². The van der Waals surface area contributed by atoms with Gasteiger partial charge < -0.3 is 40.3 Å². The van der Waals surface area contributed by atoms with Gasteiger partial charge in [0.25, 0.3) is 11.8 Å². The van der Waals surface area contributed by atoms with Crippen LogP contribution in [0.5, 0.6) is 5.75 Å². The minimum Gasteiger partial charge on any atom is -0.483 e. The molecule has 2 aliphatic rings. The van der Waals surface area contributed by atoms with E-state index in [1.165, 1.54) is 20.8 Å². The molecule has 0 aliphatic carbocycles. The van der Waals surface area contributed by atoms with Gasteiger partial charge in [-0.25, -0.2) is 9.78 Å². The molecule has 45 heavy (non-hydrogen) atoms. The van der Waals surface area contributed by atoms with Crippen molar-refractivity contribution in [3.63, 3.8) is 0 Å². The van der Waals surface area contributed by atoms with Crippen LogP contribution >= 0.6 is 0 Å². The number of pyridine rings is 1. The van der Waals surface area contributed by atoms with Crippen molar-refractivity contribution in [2.24, 2.45) is 5.73 Å². The molecule has 4 N–H and O–H groups in total. The largest absolute Gasteiger partial charge is 0.483 e. The number of nitrogens with one attached hydrogen (secondary N) is 1. The molecule has 1 aromatic carbocycles. The molecule has 0 saturated carbocycles. The van der Waals surface area contributed by atoms with Crippen LogP contribution in [-0.4, -0.2) is 119 Å². The summed E-state index contributed by atoms with van der Waals surface area (Å²) >= 11 is 0. The summed E-state index contributed by atoms with van der Waals surface area (Å²) in [4.78, 5) is 83.8. The van der Waals surface area contributed by atoms with E-state index in [9.17, 15) is 33.9 Å². The summed E-state index contributed by atoms with van der Waals surface area (Å²) < 4.78 is 10.9. The number of carbonyl (C=O) groups is 6. The Hall–Kier alpha value is -4.95. The molecule has 242 valence electrons. The van der Waals surface area contributed by atoms with Crippen molar-refractivity contribution in [3.05, 3.63) is 35.5 Å². The third kappa shape index (κ3) is 8.16. The molecule has 0 spiro atoms. The van der Waals surface area contributed by atoms with E-state index in [-0.39, 0.29) is 57.1 Å². The van der Waals surface area contributed by atoms with Crippen LogP contribution in [0.1, 0.15) is 48.7 Å². The number of amides is 5. The Morgan fingerprint density at radius 2 is 1.78 bits per heavy atom. The number of piperazine rings is 1. The summed E-state index contributed by atoms with van der Waals surface area (Å²) in [5.74, 6) is -3.18. The minimum absolute atomic E-state index is 0.105. The standard InChI is InChI=1S/C30H38N6O9/c1-3-44-30(43)35-13-11-34(12-14-35)29(42)20(8-9-26(38)39)33-28(41)22-16-24(19-7-6-18(2)15-21(19)32-22)45-17-25(37)36-10-4-5-23(36)27(31)40/h6-7,15-16,20,23H,3-5,8-14,17H2,1-2H3,(H2,31,40)(H,33,41)(H,38,39). The summed E-state index contributed by atoms with van der Waals surface area (Å²) in [6.45, 7) is 4.56. The highest BCUT2D eigenvalue weighted by Gasteiger charge is 2.34. The van der Waals surface area contributed by atoms with Gasteiger partial charge in [-0.15, -0.1) is 0 Å². The first-order chi connectivity index (χ1) is 21.5. The number of aryl methyl sites for hydroxylation is 1. The summed E-state index contributed by atoms with van der Waals surface area (Å²) in [7, 11) is 0. The molecule has 15 nitrogen and oxygen atoms in total. The maximum Gasteiger partial charge on any atom is 0.409 e. The molecule has 2 saturated heterocycles. The second kappa shape index (κ2) is 14.7. The molecule has 2 fully saturated rings. The lowest BCUT2D eigenvalue weighted by Crippen LogP contribution is -2.56. The van der Waals surface area contributed by atoms with E-state index in [4.69, 9.17) is 15.2 Å². The molecular formula is C30H38N6O9. The van der Waals surface area contributed by atoms with Crippen molar-refractivity contribution in [1.29, 1.82) is 0 Å². The number of likely N-dealkylation sites (tertiary alicyclic amines) is 1. The van der Waals surface area contributed by atoms with Gasteiger partial charge in [0.1, 0.15) is 23.5 Å². The van der Waals surface area contributed by atoms with E-state index in [1.807, 2.05) is 13.0 Å². The lowest BCUT2D eigenvalue weighted by molar-refractivity contribution is -0.139. The summed E-state index contributed by atoms with van der Waals surface area (Å²) in [5.41, 5.74) is 6.60. The normalized spacial score (nSPS) is 17.1. The number of nitrogens with zero attached hydrogens (tertiary/aromatic N) is 4. The smallest absolute Gasteiger partial charge is 0.409 e. The van der Waals surface area contributed by atoms with Gasteiger partial charge in [-0.1, -0.05) is 6.07 Å². The topological polar surface area (TPSA) is 202 Å². The average Bonchev–Trinajstić information content (AvgIpc) is 3.52. The number of primary amides is 1. The molecular weight excluding hydrogens is 588 g/mol. The minimum atomic E-state index is -1.18. The Kier molecular flexibility index (Phi) is 10.8. The number of hydrogen-bond acceptors (Lipinski definition) is 9. The maximum atomic E-state index is 13.5. The van der Waals surface area contributed by atoms with Gasteiger partial charge in [0.2, 0.25) is 11.8 Å². The number of fused-ring (bicyclic) bond motifs is 1. The first kappa shape index (κ1) is 33.0. The van der Waals surface area contributed by atoms with Gasteiger partial charge in [0, 0.05) is 50.6 Å². The van der Waals surface area contributed by atoms with Crippen molar-refractivity contribution >= 4 is 46.6 Å². The van der Waals surface area contributed by atoms with Crippen molar-refractivity contribution < 1.29 is 43.3 Å². The van der Waals surface area contributed by atoms with Crippen LogP contribution in [0.3, 0.4) is 0 Å². The van der Waals surface area contributed by atoms with Gasteiger partial charge in [-0.2, -0.15) is 0 Å². The number of hydrogen-bond donors (Lipinski definition) is 3. The Bertz CT molecular complexity index is 1470. The molecule has 15 heteroatoms. The fraction of sp³-hybridized carbons (Fsp3) is 0.500. The van der Waals surface area contributed by atoms with Crippen molar-refractivity contribution in [2.45, 2.75) is 51.6 Å². The molecule has 0 radical (unpaired) electrons. The molecule has 5 amide bonds. The fourth-order valence-corrected chi connectivity index (χ4v) is 5.43. The first-order valence-electron chi connectivity index (χ1n) is 14.8. The van der Waals surface area contributed by atoms with E-state index in [0.29, 0.717) is 30.3 Å². The highest BCUT2D eigenvalue weighted by Crippen LogP contribution is 2.27. The van der Waals surface area contributed by atoms with E-state index >= 15 is 0 Å². The number of aromatic nitrogens is 1. The van der Waals surface area contributed by atoms with Gasteiger partial charge in [0.05, 0.1) is 12.1 Å². The number of aliphatic carboxylic acids is 1. The number of carboxylic acids is 1. The molecule has 4 rings (SSSR count). The zero-order valence-corrected chi connectivity index (χ0v) is 25.3. The van der Waals surface area contributed by atoms with Crippen LogP contribution in [-0.2, 0) is 23.9 Å². The predicted molar refractivity (Wildman–Crippen MR) is 159 cm³/mol. The van der Waals surface area contributed by atoms with Crippen LogP contribution in [0, 0.1) is 6.92 Å². The van der Waals surface area contributed by atoms with Crippen LogP contribution < -0.4 is 15.8 Å². The lowest BCUT2D eigenvalue weighted by Gasteiger charge is -2.35. The van der Waals surface area contributed by atoms with Crippen molar-refractivity contribution in [3.8, 4) is 5.75 Å². The molecule has 1 aromatic heterocycles. The zero-order chi connectivity index (χ0) is 32.7. The van der Waals surface area contributed by atoms with Crippen molar-refractivity contribution in [2.75, 3.05) is 45.9 Å². The Labute approximate surface area is 259 Å². The van der Waals surface area contributed by atoms with Crippen LogP contribution in [0.15, 0.2) is 24.3 Å². The third-order valence-electron chi connectivity index (χ3n) is 7.78. The maximum absolute atomic E-state index is 13.5. The van der Waals surface area contributed by atoms with Gasteiger partial charge in [0.15, 0.2) is 6.61 Å². The SMILES string of the molecule is CCOC(=O)N1CCN(C(=O)C(CCC(=O)O)NC(=O)c2cc(OCC(=O)N3CCCC3C(N)=O)c3ccc(C)cc3n2)CC1. The van der Waals surface area contributed by atoms with Crippen LogP contribution in [0.25, 0.3) is 10.9 Å². The molecule has 2 atom stereocenters. The van der Waals surface area contributed by atoms with Gasteiger partial charge in [-0.05, 0) is 50.8 Å². The number of rotatable bonds is 11. The predicted octanol–water partition coefficient (Wildman–Crippen LogP) is 0.662. The van der Waals surface area contributed by atoms with Crippen LogP contribution in [0.2, 0.25) is 0 Å². The van der Waals surface area contributed by atoms with Gasteiger partial charge in [-0.3, -0.25) is 24.0 Å².